The first kappa shape index (κ1) is 16.4. The molecular weight excluding hydrogens is 293 g/mol. The zero-order valence-electron chi connectivity index (χ0n) is 12.0. The first-order chi connectivity index (χ1) is 10.00. The maximum atomic E-state index is 12.8. The van der Waals surface area contributed by atoms with E-state index in [1.807, 2.05) is 0 Å². The third-order valence-corrected chi connectivity index (χ3v) is 5.46. The van der Waals surface area contributed by atoms with Gasteiger partial charge in [0.2, 0.25) is 10.0 Å². The maximum Gasteiger partial charge on any atom is 0.215 e. The predicted octanol–water partition coefficient (Wildman–Crippen LogP) is 2.04. The highest BCUT2D eigenvalue weighted by Crippen LogP contribution is 2.29. The van der Waals surface area contributed by atoms with Gasteiger partial charge in [0.25, 0.3) is 0 Å². The largest absolute Gasteiger partial charge is 0.396 e. The van der Waals surface area contributed by atoms with Crippen LogP contribution in [-0.2, 0) is 15.8 Å². The number of aliphatic hydroxyl groups is 1. The smallest absolute Gasteiger partial charge is 0.215 e. The standard InChI is InChI=1S/C15H22FNO3S/c16-15-7-5-12(6-8-15)11-21(19,20)17-9-13-3-1-2-4-14(13)10-18/h5-8,13-14,17-18H,1-4,9-11H2. The molecule has 6 heteroatoms. The van der Waals surface area contributed by atoms with E-state index in [1.165, 1.54) is 24.3 Å². The number of benzene rings is 1. The summed E-state index contributed by atoms with van der Waals surface area (Å²) < 4.78 is 39.5. The lowest BCUT2D eigenvalue weighted by Crippen LogP contribution is -2.36. The van der Waals surface area contributed by atoms with Gasteiger partial charge in [-0.25, -0.2) is 17.5 Å². The van der Waals surface area contributed by atoms with Crippen molar-refractivity contribution in [1.29, 1.82) is 0 Å². The van der Waals surface area contributed by atoms with Crippen molar-refractivity contribution in [2.45, 2.75) is 31.4 Å². The van der Waals surface area contributed by atoms with Gasteiger partial charge in [-0.15, -0.1) is 0 Å². The van der Waals surface area contributed by atoms with Gasteiger partial charge in [0.1, 0.15) is 5.82 Å². The van der Waals surface area contributed by atoms with Crippen LogP contribution in [-0.4, -0.2) is 26.7 Å². The average Bonchev–Trinajstić information content (AvgIpc) is 2.48. The average molecular weight is 315 g/mol. The van der Waals surface area contributed by atoms with Crippen LogP contribution in [0.1, 0.15) is 31.2 Å². The summed E-state index contributed by atoms with van der Waals surface area (Å²) in [5, 5.41) is 9.34. The van der Waals surface area contributed by atoms with Crippen LogP contribution >= 0.6 is 0 Å². The van der Waals surface area contributed by atoms with Gasteiger partial charge >= 0.3 is 0 Å². The van der Waals surface area contributed by atoms with Gasteiger partial charge < -0.3 is 5.11 Å². The fourth-order valence-corrected chi connectivity index (χ4v) is 4.08. The fraction of sp³-hybridized carbons (Fsp3) is 0.600. The number of hydrogen-bond donors (Lipinski definition) is 2. The molecule has 2 atom stereocenters. The molecule has 1 fully saturated rings. The van der Waals surface area contributed by atoms with Gasteiger partial charge in [-0.3, -0.25) is 0 Å². The molecule has 1 aromatic rings. The highest BCUT2D eigenvalue weighted by atomic mass is 32.2. The molecular formula is C15H22FNO3S. The summed E-state index contributed by atoms with van der Waals surface area (Å²) in [5.74, 6) is -0.139. The third kappa shape index (κ3) is 5.05. The van der Waals surface area contributed by atoms with Gasteiger partial charge in [-0.2, -0.15) is 0 Å². The lowest BCUT2D eigenvalue weighted by molar-refractivity contribution is 0.136. The Kier molecular flexibility index (Phi) is 5.72. The molecule has 4 nitrogen and oxygen atoms in total. The number of sulfonamides is 1. The van der Waals surface area contributed by atoms with E-state index >= 15 is 0 Å². The molecule has 0 bridgehead atoms. The van der Waals surface area contributed by atoms with Crippen molar-refractivity contribution in [3.63, 3.8) is 0 Å². The quantitative estimate of drug-likeness (QED) is 0.844. The van der Waals surface area contributed by atoms with Crippen molar-refractivity contribution in [3.8, 4) is 0 Å². The van der Waals surface area contributed by atoms with Gasteiger partial charge in [-0.1, -0.05) is 25.0 Å². The summed E-state index contributed by atoms with van der Waals surface area (Å²) in [6.45, 7) is 0.485. The second-order valence-electron chi connectivity index (χ2n) is 5.72. The lowest BCUT2D eigenvalue weighted by Gasteiger charge is -2.30. The van der Waals surface area contributed by atoms with E-state index in [4.69, 9.17) is 0 Å². The molecule has 0 aliphatic heterocycles. The first-order valence-electron chi connectivity index (χ1n) is 7.33. The Bertz CT molecular complexity index is 545. The molecule has 21 heavy (non-hydrogen) atoms. The van der Waals surface area contributed by atoms with Crippen molar-refractivity contribution < 1.29 is 17.9 Å². The van der Waals surface area contributed by atoms with Crippen molar-refractivity contribution in [3.05, 3.63) is 35.6 Å². The topological polar surface area (TPSA) is 66.4 Å². The molecule has 1 aliphatic rings. The SMILES string of the molecule is O=S(=O)(Cc1ccc(F)cc1)NCC1CCCCC1CO. The normalized spacial score (nSPS) is 23.1. The van der Waals surface area contributed by atoms with E-state index in [2.05, 4.69) is 4.72 Å². The Balaban J connectivity index is 1.90. The molecule has 0 radical (unpaired) electrons. The molecule has 0 saturated heterocycles. The van der Waals surface area contributed by atoms with Gasteiger partial charge in [-0.05, 0) is 42.4 Å². The second kappa shape index (κ2) is 7.33. The Hall–Kier alpha value is -0.980. The number of halogens is 1. The highest BCUT2D eigenvalue weighted by molar-refractivity contribution is 7.88. The van der Waals surface area contributed by atoms with E-state index in [0.717, 1.165) is 25.7 Å². The Morgan fingerprint density at radius 3 is 2.38 bits per heavy atom. The predicted molar refractivity (Wildman–Crippen MR) is 79.6 cm³/mol. The van der Waals surface area contributed by atoms with Crippen LogP contribution in [0.4, 0.5) is 4.39 Å². The van der Waals surface area contributed by atoms with Crippen LogP contribution in [0.3, 0.4) is 0 Å². The molecule has 0 spiro atoms. The molecule has 0 aromatic heterocycles. The Labute approximate surface area is 125 Å². The van der Waals surface area contributed by atoms with Crippen LogP contribution < -0.4 is 4.72 Å². The van der Waals surface area contributed by atoms with Crippen molar-refractivity contribution in [1.82, 2.24) is 4.72 Å². The molecule has 1 aliphatic carbocycles. The summed E-state index contributed by atoms with van der Waals surface area (Å²) in [5.41, 5.74) is 0.561. The molecule has 1 aromatic carbocycles. The van der Waals surface area contributed by atoms with Crippen LogP contribution in [0.5, 0.6) is 0 Å². The summed E-state index contributed by atoms with van der Waals surface area (Å²) in [6.07, 6.45) is 4.09. The third-order valence-electron chi connectivity index (χ3n) is 4.14. The zero-order valence-corrected chi connectivity index (χ0v) is 12.8. The van der Waals surface area contributed by atoms with E-state index in [0.29, 0.717) is 12.1 Å². The molecule has 118 valence electrons. The summed E-state index contributed by atoms with van der Waals surface area (Å²) in [4.78, 5) is 0. The number of hydrogen-bond acceptors (Lipinski definition) is 3. The van der Waals surface area contributed by atoms with E-state index in [-0.39, 0.29) is 30.0 Å². The molecule has 2 N–H and O–H groups in total. The van der Waals surface area contributed by atoms with Crippen LogP contribution in [0.15, 0.2) is 24.3 Å². The van der Waals surface area contributed by atoms with Crippen LogP contribution in [0, 0.1) is 17.7 Å². The minimum absolute atomic E-state index is 0.115. The zero-order chi connectivity index (χ0) is 15.3. The number of nitrogens with one attached hydrogen (secondary N) is 1. The van der Waals surface area contributed by atoms with Crippen molar-refractivity contribution in [2.75, 3.05) is 13.2 Å². The number of aliphatic hydroxyl groups excluding tert-OH is 1. The van der Waals surface area contributed by atoms with E-state index in [1.54, 1.807) is 0 Å². The van der Waals surface area contributed by atoms with Crippen molar-refractivity contribution >= 4 is 10.0 Å². The lowest BCUT2D eigenvalue weighted by atomic mass is 9.80. The summed E-state index contributed by atoms with van der Waals surface area (Å²) >= 11 is 0. The monoisotopic (exact) mass is 315 g/mol. The molecule has 0 amide bonds. The molecule has 2 rings (SSSR count). The van der Waals surface area contributed by atoms with E-state index in [9.17, 15) is 17.9 Å². The van der Waals surface area contributed by atoms with Crippen LogP contribution in [0.25, 0.3) is 0 Å². The molecule has 1 saturated carbocycles. The first-order valence-corrected chi connectivity index (χ1v) is 8.98. The molecule has 0 heterocycles. The van der Waals surface area contributed by atoms with Gasteiger partial charge in [0.15, 0.2) is 0 Å². The van der Waals surface area contributed by atoms with E-state index < -0.39 is 10.0 Å². The Morgan fingerprint density at radius 1 is 1.14 bits per heavy atom. The molecule has 2 unspecified atom stereocenters. The fourth-order valence-electron chi connectivity index (χ4n) is 2.88. The van der Waals surface area contributed by atoms with Crippen molar-refractivity contribution in [2.24, 2.45) is 11.8 Å². The maximum absolute atomic E-state index is 12.8. The number of rotatable bonds is 6. The minimum Gasteiger partial charge on any atom is -0.396 e. The summed E-state index contributed by atoms with van der Waals surface area (Å²) in [7, 11) is -3.43. The Morgan fingerprint density at radius 2 is 1.76 bits per heavy atom. The van der Waals surface area contributed by atoms with Gasteiger partial charge in [0.05, 0.1) is 5.75 Å². The summed E-state index contributed by atoms with van der Waals surface area (Å²) in [6, 6.07) is 5.47. The second-order valence-corrected chi connectivity index (χ2v) is 7.53. The minimum atomic E-state index is -3.43. The van der Waals surface area contributed by atoms with Crippen LogP contribution in [0.2, 0.25) is 0 Å². The highest BCUT2D eigenvalue weighted by Gasteiger charge is 2.25. The van der Waals surface area contributed by atoms with Gasteiger partial charge in [0, 0.05) is 13.2 Å².